The first kappa shape index (κ1) is 10.9. The van der Waals surface area contributed by atoms with Crippen molar-refractivity contribution in [3.05, 3.63) is 0 Å². The molecule has 0 radical (unpaired) electrons. The highest BCUT2D eigenvalue weighted by Gasteiger charge is 2.28. The summed E-state index contributed by atoms with van der Waals surface area (Å²) in [6, 6.07) is 0. The lowest BCUT2D eigenvalue weighted by Crippen LogP contribution is -2.29. The minimum Gasteiger partial charge on any atom is -0.463 e. The summed E-state index contributed by atoms with van der Waals surface area (Å²) in [7, 11) is 0. The normalized spacial score (nSPS) is 9.67. The lowest BCUT2D eigenvalue weighted by molar-refractivity contribution is -0.162. The molecular formula is C7H11FO4. The van der Waals surface area contributed by atoms with E-state index in [1.165, 1.54) is 13.8 Å². The number of halogens is 1. The van der Waals surface area contributed by atoms with Gasteiger partial charge in [0.1, 0.15) is 0 Å². The van der Waals surface area contributed by atoms with Crippen molar-refractivity contribution in [1.82, 2.24) is 0 Å². The summed E-state index contributed by atoms with van der Waals surface area (Å²) in [5.74, 6) is -2.40. The summed E-state index contributed by atoms with van der Waals surface area (Å²) in [6.07, 6.45) is -2.31. The fourth-order valence-electron chi connectivity index (χ4n) is 0.527. The van der Waals surface area contributed by atoms with E-state index in [1.807, 2.05) is 0 Å². The molecule has 0 aromatic heterocycles. The Morgan fingerprint density at radius 3 is 1.75 bits per heavy atom. The van der Waals surface area contributed by atoms with E-state index >= 15 is 0 Å². The van der Waals surface area contributed by atoms with Crippen LogP contribution in [0.3, 0.4) is 0 Å². The Labute approximate surface area is 69.6 Å². The quantitative estimate of drug-likeness (QED) is 0.463. The maximum absolute atomic E-state index is 12.6. The maximum Gasteiger partial charge on any atom is 0.352 e. The van der Waals surface area contributed by atoms with Gasteiger partial charge in [0.25, 0.3) is 6.17 Å². The molecule has 0 saturated heterocycles. The molecule has 0 N–H and O–H groups in total. The molecule has 0 unspecified atom stereocenters. The van der Waals surface area contributed by atoms with Crippen molar-refractivity contribution in [2.45, 2.75) is 20.0 Å². The smallest absolute Gasteiger partial charge is 0.352 e. The number of esters is 2. The second-order valence-corrected chi connectivity index (χ2v) is 1.87. The van der Waals surface area contributed by atoms with Crippen molar-refractivity contribution in [3.63, 3.8) is 0 Å². The Balaban J connectivity index is 3.91. The van der Waals surface area contributed by atoms with Crippen LogP contribution in [0.2, 0.25) is 0 Å². The predicted octanol–water partition coefficient (Wildman–Crippen LogP) is 0.451. The van der Waals surface area contributed by atoms with Gasteiger partial charge in [-0.1, -0.05) is 0 Å². The standard InChI is InChI=1S/C7H11FO4/c1-3-11-6(9)5(8)7(10)12-4-2/h5H,3-4H2,1-2H3. The van der Waals surface area contributed by atoms with E-state index in [4.69, 9.17) is 0 Å². The van der Waals surface area contributed by atoms with E-state index in [2.05, 4.69) is 9.47 Å². The van der Waals surface area contributed by atoms with Gasteiger partial charge in [0.2, 0.25) is 0 Å². The third kappa shape index (κ3) is 3.32. The SMILES string of the molecule is CCOC(=O)C(F)C(=O)OCC. The Hall–Kier alpha value is -1.13. The summed E-state index contributed by atoms with van der Waals surface area (Å²) in [5, 5.41) is 0. The third-order valence-corrected chi connectivity index (χ3v) is 0.987. The zero-order valence-electron chi connectivity index (χ0n) is 7.00. The van der Waals surface area contributed by atoms with Crippen LogP contribution in [0.15, 0.2) is 0 Å². The summed E-state index contributed by atoms with van der Waals surface area (Å²) in [4.78, 5) is 21.1. The molecule has 4 nitrogen and oxygen atoms in total. The molecular weight excluding hydrogens is 167 g/mol. The maximum atomic E-state index is 12.6. The molecule has 0 aromatic rings. The van der Waals surface area contributed by atoms with E-state index in [0.29, 0.717) is 0 Å². The van der Waals surface area contributed by atoms with E-state index < -0.39 is 18.1 Å². The minimum atomic E-state index is -2.31. The molecule has 12 heavy (non-hydrogen) atoms. The van der Waals surface area contributed by atoms with Crippen LogP contribution >= 0.6 is 0 Å². The van der Waals surface area contributed by atoms with Gasteiger partial charge >= 0.3 is 11.9 Å². The van der Waals surface area contributed by atoms with E-state index in [0.717, 1.165) is 0 Å². The second-order valence-electron chi connectivity index (χ2n) is 1.87. The van der Waals surface area contributed by atoms with E-state index in [-0.39, 0.29) is 13.2 Å². The Kier molecular flexibility index (Phi) is 4.99. The molecule has 0 aromatic carbocycles. The van der Waals surface area contributed by atoms with E-state index in [1.54, 1.807) is 0 Å². The fourth-order valence-corrected chi connectivity index (χ4v) is 0.527. The van der Waals surface area contributed by atoms with Gasteiger partial charge in [-0.2, -0.15) is 0 Å². The zero-order chi connectivity index (χ0) is 9.56. The summed E-state index contributed by atoms with van der Waals surface area (Å²) >= 11 is 0. The Morgan fingerprint density at radius 2 is 1.50 bits per heavy atom. The summed E-state index contributed by atoms with van der Waals surface area (Å²) in [5.41, 5.74) is 0. The van der Waals surface area contributed by atoms with Crippen molar-refractivity contribution in [2.24, 2.45) is 0 Å². The van der Waals surface area contributed by atoms with Gasteiger partial charge in [0.05, 0.1) is 13.2 Å². The minimum absolute atomic E-state index is 0.0403. The molecule has 0 aliphatic rings. The van der Waals surface area contributed by atoms with Crippen LogP contribution in [0, 0.1) is 0 Å². The lowest BCUT2D eigenvalue weighted by atomic mass is 10.4. The number of rotatable bonds is 4. The van der Waals surface area contributed by atoms with Crippen molar-refractivity contribution in [2.75, 3.05) is 13.2 Å². The van der Waals surface area contributed by atoms with Crippen LogP contribution < -0.4 is 0 Å². The molecule has 70 valence electrons. The van der Waals surface area contributed by atoms with Gasteiger partial charge in [-0.3, -0.25) is 0 Å². The third-order valence-electron chi connectivity index (χ3n) is 0.987. The number of carbonyl (C=O) groups excluding carboxylic acids is 2. The van der Waals surface area contributed by atoms with Gasteiger partial charge in [-0.25, -0.2) is 14.0 Å². The van der Waals surface area contributed by atoms with Crippen LogP contribution in [0.25, 0.3) is 0 Å². The first-order valence-electron chi connectivity index (χ1n) is 3.60. The molecule has 0 heterocycles. The van der Waals surface area contributed by atoms with Crippen LogP contribution in [0.1, 0.15) is 13.8 Å². The molecule has 0 aliphatic carbocycles. The Bertz CT molecular complexity index is 151. The number of ether oxygens (including phenoxy) is 2. The zero-order valence-corrected chi connectivity index (χ0v) is 7.00. The van der Waals surface area contributed by atoms with Crippen LogP contribution in [0.5, 0.6) is 0 Å². The van der Waals surface area contributed by atoms with Crippen LogP contribution in [-0.4, -0.2) is 31.3 Å². The second kappa shape index (κ2) is 5.51. The topological polar surface area (TPSA) is 52.6 Å². The predicted molar refractivity (Wildman–Crippen MR) is 38.2 cm³/mol. The average Bonchev–Trinajstić information content (AvgIpc) is 2.04. The molecule has 0 bridgehead atoms. The van der Waals surface area contributed by atoms with Gasteiger partial charge in [0, 0.05) is 0 Å². The molecule has 0 fully saturated rings. The van der Waals surface area contributed by atoms with Gasteiger partial charge < -0.3 is 9.47 Å². The monoisotopic (exact) mass is 178 g/mol. The highest BCUT2D eigenvalue weighted by atomic mass is 19.1. The van der Waals surface area contributed by atoms with Crippen LogP contribution in [-0.2, 0) is 19.1 Å². The van der Waals surface area contributed by atoms with Crippen molar-refractivity contribution in [1.29, 1.82) is 0 Å². The molecule has 0 rings (SSSR count). The fraction of sp³-hybridized carbons (Fsp3) is 0.714. The summed E-state index contributed by atoms with van der Waals surface area (Å²) in [6.45, 7) is 3.13. The largest absolute Gasteiger partial charge is 0.463 e. The van der Waals surface area contributed by atoms with Crippen molar-refractivity contribution < 1.29 is 23.5 Å². The molecule has 0 amide bonds. The molecule has 0 atom stereocenters. The van der Waals surface area contributed by atoms with Gasteiger partial charge in [-0.15, -0.1) is 0 Å². The van der Waals surface area contributed by atoms with Gasteiger partial charge in [-0.05, 0) is 13.8 Å². The lowest BCUT2D eigenvalue weighted by Gasteiger charge is -2.05. The summed E-state index contributed by atoms with van der Waals surface area (Å²) < 4.78 is 21.1. The first-order valence-corrected chi connectivity index (χ1v) is 3.60. The van der Waals surface area contributed by atoms with E-state index in [9.17, 15) is 14.0 Å². The molecule has 5 heteroatoms. The number of hydrogen-bond donors (Lipinski definition) is 0. The number of hydrogen-bond acceptors (Lipinski definition) is 4. The Morgan fingerprint density at radius 1 is 1.17 bits per heavy atom. The van der Waals surface area contributed by atoms with Gasteiger partial charge in [0.15, 0.2) is 0 Å². The van der Waals surface area contributed by atoms with Crippen LogP contribution in [0.4, 0.5) is 4.39 Å². The number of carbonyl (C=O) groups is 2. The number of alkyl halides is 1. The van der Waals surface area contributed by atoms with Crippen molar-refractivity contribution >= 4 is 11.9 Å². The molecule has 0 aliphatic heterocycles. The first-order chi connectivity index (χ1) is 5.63. The highest BCUT2D eigenvalue weighted by molar-refractivity contribution is 5.97. The molecule has 0 saturated carbocycles. The average molecular weight is 178 g/mol. The van der Waals surface area contributed by atoms with Crippen molar-refractivity contribution in [3.8, 4) is 0 Å². The molecule has 0 spiro atoms. The highest BCUT2D eigenvalue weighted by Crippen LogP contribution is 1.98.